The van der Waals surface area contributed by atoms with Gasteiger partial charge in [-0.25, -0.2) is 0 Å². The Morgan fingerprint density at radius 1 is 1.32 bits per heavy atom. The zero-order valence-corrected chi connectivity index (χ0v) is 12.4. The number of fused-ring (bicyclic) bond motifs is 1. The Bertz CT molecular complexity index is 687. The van der Waals surface area contributed by atoms with Crippen LogP contribution in [-0.2, 0) is 11.3 Å². The molecule has 1 atom stereocenters. The summed E-state index contributed by atoms with van der Waals surface area (Å²) in [6.45, 7) is 3.42. The number of benzene rings is 1. The van der Waals surface area contributed by atoms with E-state index in [0.29, 0.717) is 31.0 Å². The molecule has 1 N–H and O–H groups in total. The molecule has 1 aromatic carbocycles. The number of hydrogen-bond donors (Lipinski definition) is 1. The number of aromatic nitrogens is 1. The minimum absolute atomic E-state index is 0.465. The molecule has 0 spiro atoms. The van der Waals surface area contributed by atoms with E-state index in [2.05, 4.69) is 4.98 Å². The summed E-state index contributed by atoms with van der Waals surface area (Å²) in [5, 5.41) is 9.70. The van der Waals surface area contributed by atoms with Crippen molar-refractivity contribution in [2.24, 2.45) is 0 Å². The fourth-order valence-corrected chi connectivity index (χ4v) is 2.79. The highest BCUT2D eigenvalue weighted by molar-refractivity contribution is 5.76. The van der Waals surface area contributed by atoms with Gasteiger partial charge < -0.3 is 9.84 Å². The minimum atomic E-state index is -0.870. The van der Waals surface area contributed by atoms with Crippen LogP contribution in [0.3, 0.4) is 0 Å². The zero-order valence-electron chi connectivity index (χ0n) is 12.4. The molecule has 3 rings (SSSR count). The Kier molecular flexibility index (Phi) is 4.06. The standard InChI is InChI=1S/C17H18N2O3/c1-12-5-4-6-13(18-12)11-19-9-10-22-15-8-3-2-7-14(15)16(19)17(20)21/h2-8,16H,9-11H2,1H3,(H,20,21). The van der Waals surface area contributed by atoms with Crippen LogP contribution < -0.4 is 4.74 Å². The molecule has 0 amide bonds. The first-order chi connectivity index (χ1) is 10.6. The Morgan fingerprint density at radius 2 is 2.14 bits per heavy atom. The van der Waals surface area contributed by atoms with E-state index < -0.39 is 12.0 Å². The highest BCUT2D eigenvalue weighted by Crippen LogP contribution is 2.32. The molecule has 2 heterocycles. The molecule has 0 fully saturated rings. The van der Waals surface area contributed by atoms with Crippen molar-refractivity contribution in [1.82, 2.24) is 9.88 Å². The molecule has 22 heavy (non-hydrogen) atoms. The lowest BCUT2D eigenvalue weighted by Crippen LogP contribution is -2.35. The quantitative estimate of drug-likeness (QED) is 0.943. The van der Waals surface area contributed by atoms with Crippen molar-refractivity contribution in [3.8, 4) is 5.75 Å². The van der Waals surface area contributed by atoms with Gasteiger partial charge >= 0.3 is 5.97 Å². The molecule has 0 radical (unpaired) electrons. The zero-order chi connectivity index (χ0) is 15.5. The number of rotatable bonds is 3. The Labute approximate surface area is 129 Å². The van der Waals surface area contributed by atoms with E-state index in [4.69, 9.17) is 4.74 Å². The summed E-state index contributed by atoms with van der Waals surface area (Å²) in [7, 11) is 0. The molecule has 0 aliphatic carbocycles. The molecule has 1 unspecified atom stereocenters. The lowest BCUT2D eigenvalue weighted by Gasteiger charge is -2.26. The second kappa shape index (κ2) is 6.15. The van der Waals surface area contributed by atoms with Gasteiger partial charge in [0.05, 0.1) is 5.69 Å². The molecule has 5 nitrogen and oxygen atoms in total. The van der Waals surface area contributed by atoms with Gasteiger partial charge in [0.2, 0.25) is 0 Å². The largest absolute Gasteiger partial charge is 0.492 e. The van der Waals surface area contributed by atoms with Gasteiger partial charge in [-0.3, -0.25) is 14.7 Å². The van der Waals surface area contributed by atoms with E-state index in [1.54, 1.807) is 0 Å². The lowest BCUT2D eigenvalue weighted by molar-refractivity contribution is -0.143. The van der Waals surface area contributed by atoms with E-state index in [0.717, 1.165) is 11.4 Å². The molecule has 1 aliphatic rings. The van der Waals surface area contributed by atoms with E-state index >= 15 is 0 Å². The third-order valence-electron chi connectivity index (χ3n) is 3.76. The van der Waals surface area contributed by atoms with E-state index in [1.165, 1.54) is 0 Å². The number of carboxylic acids is 1. The highest BCUT2D eigenvalue weighted by Gasteiger charge is 2.32. The van der Waals surface area contributed by atoms with Crippen LogP contribution in [0.4, 0.5) is 0 Å². The third kappa shape index (κ3) is 2.94. The van der Waals surface area contributed by atoms with E-state index in [1.807, 2.05) is 54.3 Å². The summed E-state index contributed by atoms with van der Waals surface area (Å²) in [5.74, 6) is -0.222. The summed E-state index contributed by atoms with van der Waals surface area (Å²) in [6, 6.07) is 12.4. The van der Waals surface area contributed by atoms with Crippen molar-refractivity contribution in [2.45, 2.75) is 19.5 Å². The molecule has 5 heteroatoms. The molecular weight excluding hydrogens is 280 g/mol. The minimum Gasteiger partial charge on any atom is -0.492 e. The van der Waals surface area contributed by atoms with Crippen LogP contribution >= 0.6 is 0 Å². The lowest BCUT2D eigenvalue weighted by atomic mass is 10.0. The van der Waals surface area contributed by atoms with Crippen LogP contribution in [0.25, 0.3) is 0 Å². The number of pyridine rings is 1. The molecule has 1 aromatic heterocycles. The van der Waals surface area contributed by atoms with Gasteiger partial charge in [-0.2, -0.15) is 0 Å². The van der Waals surface area contributed by atoms with Gasteiger partial charge in [0.25, 0.3) is 0 Å². The number of aryl methyl sites for hydroxylation is 1. The van der Waals surface area contributed by atoms with Crippen LogP contribution in [0.15, 0.2) is 42.5 Å². The van der Waals surface area contributed by atoms with Gasteiger partial charge in [0, 0.05) is 24.3 Å². The highest BCUT2D eigenvalue weighted by atomic mass is 16.5. The topological polar surface area (TPSA) is 62.7 Å². The smallest absolute Gasteiger partial charge is 0.325 e. The van der Waals surface area contributed by atoms with Gasteiger partial charge in [0.15, 0.2) is 0 Å². The molecule has 2 aromatic rings. The number of carbonyl (C=O) groups is 1. The molecule has 0 saturated heterocycles. The van der Waals surface area contributed by atoms with Gasteiger partial charge in [-0.05, 0) is 25.1 Å². The average Bonchev–Trinajstić information content (AvgIpc) is 2.66. The molecule has 114 valence electrons. The average molecular weight is 298 g/mol. The third-order valence-corrected chi connectivity index (χ3v) is 3.76. The van der Waals surface area contributed by atoms with Crippen molar-refractivity contribution in [2.75, 3.05) is 13.2 Å². The van der Waals surface area contributed by atoms with Crippen molar-refractivity contribution >= 4 is 5.97 Å². The second-order valence-electron chi connectivity index (χ2n) is 5.37. The summed E-state index contributed by atoms with van der Waals surface area (Å²) in [5.41, 5.74) is 2.49. The van der Waals surface area contributed by atoms with Crippen LogP contribution in [0.5, 0.6) is 5.75 Å². The monoisotopic (exact) mass is 298 g/mol. The Balaban J connectivity index is 1.94. The van der Waals surface area contributed by atoms with Crippen LogP contribution in [0.2, 0.25) is 0 Å². The second-order valence-corrected chi connectivity index (χ2v) is 5.37. The fraction of sp³-hybridized carbons (Fsp3) is 0.294. The number of nitrogens with zero attached hydrogens (tertiary/aromatic N) is 2. The number of aliphatic carboxylic acids is 1. The first-order valence-corrected chi connectivity index (χ1v) is 7.26. The normalized spacial score (nSPS) is 18.1. The summed E-state index contributed by atoms with van der Waals surface area (Å²) in [6.07, 6.45) is 0. The molecular formula is C17H18N2O3. The first-order valence-electron chi connectivity index (χ1n) is 7.26. The van der Waals surface area contributed by atoms with Gasteiger partial charge in [0.1, 0.15) is 18.4 Å². The Hall–Kier alpha value is -2.40. The predicted molar refractivity (Wildman–Crippen MR) is 81.7 cm³/mol. The number of carboxylic acid groups (broad SMARTS) is 1. The summed E-state index contributed by atoms with van der Waals surface area (Å²) >= 11 is 0. The van der Waals surface area contributed by atoms with Crippen molar-refractivity contribution in [3.05, 3.63) is 59.4 Å². The van der Waals surface area contributed by atoms with Crippen molar-refractivity contribution in [1.29, 1.82) is 0 Å². The van der Waals surface area contributed by atoms with Gasteiger partial charge in [-0.15, -0.1) is 0 Å². The fourth-order valence-electron chi connectivity index (χ4n) is 2.79. The maximum absolute atomic E-state index is 11.8. The molecule has 0 saturated carbocycles. The van der Waals surface area contributed by atoms with Gasteiger partial charge in [-0.1, -0.05) is 24.3 Å². The van der Waals surface area contributed by atoms with Crippen molar-refractivity contribution < 1.29 is 14.6 Å². The predicted octanol–water partition coefficient (Wildman–Crippen LogP) is 2.41. The van der Waals surface area contributed by atoms with Crippen LogP contribution in [0.1, 0.15) is 23.0 Å². The SMILES string of the molecule is Cc1cccc(CN2CCOc3ccccc3C2C(=O)O)n1. The van der Waals surface area contributed by atoms with Crippen molar-refractivity contribution in [3.63, 3.8) is 0 Å². The summed E-state index contributed by atoms with van der Waals surface area (Å²) in [4.78, 5) is 18.2. The van der Waals surface area contributed by atoms with Crippen LogP contribution in [0, 0.1) is 6.92 Å². The first kappa shape index (κ1) is 14.5. The van der Waals surface area contributed by atoms with E-state index in [-0.39, 0.29) is 0 Å². The van der Waals surface area contributed by atoms with Crippen LogP contribution in [-0.4, -0.2) is 34.1 Å². The summed E-state index contributed by atoms with van der Waals surface area (Å²) < 4.78 is 5.70. The maximum Gasteiger partial charge on any atom is 0.325 e. The molecule has 0 bridgehead atoms. The number of hydrogen-bond acceptors (Lipinski definition) is 4. The number of ether oxygens (including phenoxy) is 1. The molecule has 1 aliphatic heterocycles. The maximum atomic E-state index is 11.8. The Morgan fingerprint density at radius 3 is 2.91 bits per heavy atom. The van der Waals surface area contributed by atoms with E-state index in [9.17, 15) is 9.90 Å². The number of para-hydroxylation sites is 1.